The second kappa shape index (κ2) is 6.83. The zero-order valence-electron chi connectivity index (χ0n) is 14.3. The maximum absolute atomic E-state index is 12.5. The standard InChI is InChI=1S/C19H22N2O3/c1-4-8-20-19(22)17-11-18-16(9-13(2)24-18)21(17)12-14-6-5-7-15(10-14)23-3/h5-7,9-11H,4,8,12H2,1-3H3,(H,20,22). The molecule has 3 aromatic rings. The number of aromatic nitrogens is 1. The van der Waals surface area contributed by atoms with Gasteiger partial charge in [-0.25, -0.2) is 0 Å². The Morgan fingerprint density at radius 3 is 2.88 bits per heavy atom. The quantitative estimate of drug-likeness (QED) is 0.751. The van der Waals surface area contributed by atoms with Crippen LogP contribution in [0.2, 0.25) is 0 Å². The summed E-state index contributed by atoms with van der Waals surface area (Å²) in [6.45, 7) is 5.18. The SMILES string of the molecule is CCCNC(=O)c1cc2oc(C)cc2n1Cc1cccc(OC)c1. The Kier molecular flexibility index (Phi) is 4.60. The molecule has 1 N–H and O–H groups in total. The van der Waals surface area contributed by atoms with E-state index >= 15 is 0 Å². The molecule has 0 aliphatic rings. The Hall–Kier alpha value is -2.69. The molecule has 5 heteroatoms. The van der Waals surface area contributed by atoms with Crippen molar-refractivity contribution in [2.45, 2.75) is 26.8 Å². The van der Waals surface area contributed by atoms with E-state index in [0.717, 1.165) is 34.6 Å². The number of nitrogens with zero attached hydrogens (tertiary/aromatic N) is 1. The molecule has 0 bridgehead atoms. The number of ether oxygens (including phenoxy) is 1. The molecule has 0 atom stereocenters. The van der Waals surface area contributed by atoms with Crippen LogP contribution in [0.3, 0.4) is 0 Å². The second-order valence-electron chi connectivity index (χ2n) is 5.83. The molecule has 0 unspecified atom stereocenters. The first-order valence-corrected chi connectivity index (χ1v) is 8.13. The molecule has 5 nitrogen and oxygen atoms in total. The molecule has 0 saturated heterocycles. The molecule has 3 rings (SSSR count). The van der Waals surface area contributed by atoms with Gasteiger partial charge < -0.3 is 19.0 Å². The number of methoxy groups -OCH3 is 1. The van der Waals surface area contributed by atoms with Crippen LogP contribution >= 0.6 is 0 Å². The van der Waals surface area contributed by atoms with E-state index in [0.29, 0.717) is 18.8 Å². The molecule has 0 saturated carbocycles. The summed E-state index contributed by atoms with van der Waals surface area (Å²) >= 11 is 0. The molecule has 1 aromatic carbocycles. The fraction of sp³-hybridized carbons (Fsp3) is 0.316. The van der Waals surface area contributed by atoms with Crippen LogP contribution in [0.5, 0.6) is 5.75 Å². The summed E-state index contributed by atoms with van der Waals surface area (Å²) in [5.41, 5.74) is 3.34. The van der Waals surface area contributed by atoms with Crippen molar-refractivity contribution in [2.75, 3.05) is 13.7 Å². The average molecular weight is 326 g/mol. The minimum atomic E-state index is -0.0798. The van der Waals surface area contributed by atoms with Crippen molar-refractivity contribution in [3.8, 4) is 5.75 Å². The number of hydrogen-bond acceptors (Lipinski definition) is 3. The first kappa shape index (κ1) is 16.2. The Morgan fingerprint density at radius 1 is 1.29 bits per heavy atom. The number of amides is 1. The number of carbonyl (C=O) groups excluding carboxylic acids is 1. The van der Waals surface area contributed by atoms with Gasteiger partial charge >= 0.3 is 0 Å². The van der Waals surface area contributed by atoms with Gasteiger partial charge in [0, 0.05) is 25.2 Å². The highest BCUT2D eigenvalue weighted by Crippen LogP contribution is 2.25. The molecular formula is C19H22N2O3. The third-order valence-corrected chi connectivity index (χ3v) is 3.96. The lowest BCUT2D eigenvalue weighted by molar-refractivity contribution is 0.0945. The molecule has 24 heavy (non-hydrogen) atoms. The van der Waals surface area contributed by atoms with Gasteiger partial charge in [-0.3, -0.25) is 4.79 Å². The van der Waals surface area contributed by atoms with Crippen molar-refractivity contribution < 1.29 is 13.9 Å². The van der Waals surface area contributed by atoms with Crippen molar-refractivity contribution in [3.05, 3.63) is 53.4 Å². The molecule has 0 spiro atoms. The van der Waals surface area contributed by atoms with Gasteiger partial charge in [0.1, 0.15) is 17.2 Å². The first-order valence-electron chi connectivity index (χ1n) is 8.13. The molecule has 1 amide bonds. The van der Waals surface area contributed by atoms with Crippen LogP contribution in [0.1, 0.15) is 35.2 Å². The summed E-state index contributed by atoms with van der Waals surface area (Å²) in [5, 5.41) is 2.94. The van der Waals surface area contributed by atoms with Gasteiger partial charge in [0.05, 0.1) is 12.6 Å². The van der Waals surface area contributed by atoms with Gasteiger partial charge in [0.2, 0.25) is 0 Å². The van der Waals surface area contributed by atoms with Crippen molar-refractivity contribution in [2.24, 2.45) is 0 Å². The Balaban J connectivity index is 2.01. The number of nitrogens with one attached hydrogen (secondary N) is 1. The smallest absolute Gasteiger partial charge is 0.268 e. The monoisotopic (exact) mass is 326 g/mol. The second-order valence-corrected chi connectivity index (χ2v) is 5.83. The fourth-order valence-corrected chi connectivity index (χ4v) is 2.81. The number of fused-ring (bicyclic) bond motifs is 1. The van der Waals surface area contributed by atoms with E-state index in [1.54, 1.807) is 7.11 Å². The number of aryl methyl sites for hydroxylation is 1. The van der Waals surface area contributed by atoms with Crippen LogP contribution in [0.25, 0.3) is 11.1 Å². The van der Waals surface area contributed by atoms with E-state index in [9.17, 15) is 4.79 Å². The van der Waals surface area contributed by atoms with Crippen LogP contribution in [0, 0.1) is 6.92 Å². The third kappa shape index (κ3) is 3.15. The number of benzene rings is 1. The van der Waals surface area contributed by atoms with Gasteiger partial charge in [-0.15, -0.1) is 0 Å². The van der Waals surface area contributed by atoms with Crippen molar-refractivity contribution >= 4 is 17.0 Å². The predicted molar refractivity (Wildman–Crippen MR) is 93.7 cm³/mol. The minimum absolute atomic E-state index is 0.0798. The van der Waals surface area contributed by atoms with E-state index in [1.165, 1.54) is 0 Å². The van der Waals surface area contributed by atoms with Crippen LogP contribution in [-0.2, 0) is 6.54 Å². The Labute approximate surface area is 141 Å². The van der Waals surface area contributed by atoms with Crippen molar-refractivity contribution in [1.82, 2.24) is 9.88 Å². The fourth-order valence-electron chi connectivity index (χ4n) is 2.81. The zero-order valence-corrected chi connectivity index (χ0v) is 14.3. The summed E-state index contributed by atoms with van der Waals surface area (Å²) in [4.78, 5) is 12.5. The molecular weight excluding hydrogens is 304 g/mol. The maximum atomic E-state index is 12.5. The zero-order chi connectivity index (χ0) is 17.1. The van der Waals surface area contributed by atoms with Gasteiger partial charge in [-0.1, -0.05) is 19.1 Å². The largest absolute Gasteiger partial charge is 0.497 e. The van der Waals surface area contributed by atoms with Crippen LogP contribution in [0.4, 0.5) is 0 Å². The number of carbonyl (C=O) groups is 1. The highest BCUT2D eigenvalue weighted by atomic mass is 16.5. The van der Waals surface area contributed by atoms with Gasteiger partial charge in [-0.05, 0) is 31.0 Å². The van der Waals surface area contributed by atoms with E-state index in [1.807, 2.05) is 54.8 Å². The van der Waals surface area contributed by atoms with E-state index in [2.05, 4.69) is 5.32 Å². The summed E-state index contributed by atoms with van der Waals surface area (Å²) < 4.78 is 13.0. The van der Waals surface area contributed by atoms with E-state index in [4.69, 9.17) is 9.15 Å². The molecule has 0 fully saturated rings. The van der Waals surface area contributed by atoms with Crippen molar-refractivity contribution in [3.63, 3.8) is 0 Å². The molecule has 0 aliphatic carbocycles. The minimum Gasteiger partial charge on any atom is -0.497 e. The number of hydrogen-bond donors (Lipinski definition) is 1. The van der Waals surface area contributed by atoms with E-state index in [-0.39, 0.29) is 5.91 Å². The molecule has 0 radical (unpaired) electrons. The van der Waals surface area contributed by atoms with Gasteiger partial charge in [0.15, 0.2) is 5.58 Å². The Bertz CT molecular complexity index is 861. The Morgan fingerprint density at radius 2 is 2.12 bits per heavy atom. The van der Waals surface area contributed by atoms with E-state index < -0.39 is 0 Å². The lowest BCUT2D eigenvalue weighted by atomic mass is 10.2. The van der Waals surface area contributed by atoms with Crippen LogP contribution in [-0.4, -0.2) is 24.1 Å². The maximum Gasteiger partial charge on any atom is 0.268 e. The first-order chi connectivity index (χ1) is 11.6. The summed E-state index contributed by atoms with van der Waals surface area (Å²) in [5.74, 6) is 1.56. The highest BCUT2D eigenvalue weighted by molar-refractivity contribution is 5.97. The summed E-state index contributed by atoms with van der Waals surface area (Å²) in [7, 11) is 1.65. The predicted octanol–water partition coefficient (Wildman–Crippen LogP) is 3.74. The number of furan rings is 1. The third-order valence-electron chi connectivity index (χ3n) is 3.96. The lowest BCUT2D eigenvalue weighted by Gasteiger charge is -2.11. The highest BCUT2D eigenvalue weighted by Gasteiger charge is 2.18. The normalized spacial score (nSPS) is 11.0. The lowest BCUT2D eigenvalue weighted by Crippen LogP contribution is -2.26. The van der Waals surface area contributed by atoms with Crippen LogP contribution in [0.15, 0.2) is 40.8 Å². The topological polar surface area (TPSA) is 56.4 Å². The van der Waals surface area contributed by atoms with Crippen molar-refractivity contribution in [1.29, 1.82) is 0 Å². The number of rotatable bonds is 6. The molecule has 126 valence electrons. The van der Waals surface area contributed by atoms with Crippen LogP contribution < -0.4 is 10.1 Å². The van der Waals surface area contributed by atoms with Gasteiger partial charge in [0.25, 0.3) is 5.91 Å². The molecule has 2 heterocycles. The summed E-state index contributed by atoms with van der Waals surface area (Å²) in [6, 6.07) is 11.6. The molecule has 2 aromatic heterocycles. The van der Waals surface area contributed by atoms with Gasteiger partial charge in [-0.2, -0.15) is 0 Å². The molecule has 0 aliphatic heterocycles. The summed E-state index contributed by atoms with van der Waals surface area (Å²) in [6.07, 6.45) is 0.900. The average Bonchev–Trinajstić information content (AvgIpc) is 3.10.